The van der Waals surface area contributed by atoms with Gasteiger partial charge in [-0.15, -0.1) is 11.8 Å². The van der Waals surface area contributed by atoms with Crippen molar-refractivity contribution in [2.24, 2.45) is 0 Å². The van der Waals surface area contributed by atoms with E-state index in [1.54, 1.807) is 16.5 Å². The van der Waals surface area contributed by atoms with Gasteiger partial charge in [-0.25, -0.2) is 0 Å². The van der Waals surface area contributed by atoms with E-state index >= 15 is 0 Å². The van der Waals surface area contributed by atoms with Crippen LogP contribution in [0.3, 0.4) is 0 Å². The molecular weight excluding hydrogens is 184 g/mol. The van der Waals surface area contributed by atoms with E-state index in [4.69, 9.17) is 0 Å². The van der Waals surface area contributed by atoms with Crippen molar-refractivity contribution < 1.29 is 0 Å². The summed E-state index contributed by atoms with van der Waals surface area (Å²) in [6, 6.07) is 10.2. The Morgan fingerprint density at radius 3 is 2.67 bits per heavy atom. The highest BCUT2D eigenvalue weighted by atomic mass is 32.2. The Morgan fingerprint density at radius 2 is 2.00 bits per heavy atom. The molecule has 1 aromatic carbocycles. The number of thioether (sulfide) groups is 1. The molecule has 0 amide bonds. The first kappa shape index (κ1) is 9.49. The van der Waals surface area contributed by atoms with E-state index in [2.05, 4.69) is 36.5 Å². The fraction of sp³-hybridized carbons (Fsp3) is 0.100. The lowest BCUT2D eigenvalue weighted by molar-refractivity contribution is 1.65. The molecule has 0 spiro atoms. The number of rotatable bonds is 4. The summed E-state index contributed by atoms with van der Waals surface area (Å²) in [6.45, 7) is 0. The van der Waals surface area contributed by atoms with Crippen LogP contribution in [0.4, 0.5) is 0 Å². The summed E-state index contributed by atoms with van der Waals surface area (Å²) in [6.07, 6.45) is 4.22. The Bertz CT molecular complexity index is 252. The minimum atomic E-state index is 0.957. The van der Waals surface area contributed by atoms with Gasteiger partial charge in [0.1, 0.15) is 0 Å². The smallest absolute Gasteiger partial charge is 0.0344 e. The highest BCUT2D eigenvalue weighted by Crippen LogP contribution is 2.02. The Kier molecular flexibility index (Phi) is 4.73. The normalized spacial score (nSPS) is 10.3. The maximum absolute atomic E-state index is 4.69. The molecule has 62 valence electrons. The van der Waals surface area contributed by atoms with Gasteiger partial charge in [0.25, 0.3) is 0 Å². The molecule has 0 unspecified atom stereocenters. The Labute approximate surface area is 82.7 Å². The number of thiocarbonyl (C=S) groups is 1. The van der Waals surface area contributed by atoms with Crippen LogP contribution in [0.15, 0.2) is 36.4 Å². The maximum atomic E-state index is 4.69. The second-order valence-corrected chi connectivity index (χ2v) is 3.68. The molecule has 12 heavy (non-hydrogen) atoms. The minimum Gasteiger partial charge on any atom is -0.118 e. The standard InChI is InChI=1S/C10H10S2/c11-9-12-8-4-7-10-5-2-1-3-6-10/h1-7,9H,8H2. The molecule has 0 atom stereocenters. The molecule has 0 aliphatic heterocycles. The molecule has 0 heterocycles. The van der Waals surface area contributed by atoms with Gasteiger partial charge in [0, 0.05) is 10.5 Å². The van der Waals surface area contributed by atoms with Gasteiger partial charge in [0.05, 0.1) is 0 Å². The largest absolute Gasteiger partial charge is 0.118 e. The zero-order chi connectivity index (χ0) is 8.65. The molecule has 1 rings (SSSR count). The van der Waals surface area contributed by atoms with Crippen molar-refractivity contribution in [3.05, 3.63) is 42.0 Å². The van der Waals surface area contributed by atoms with Crippen molar-refractivity contribution in [3.8, 4) is 0 Å². The number of hydrogen-bond donors (Lipinski definition) is 0. The lowest BCUT2D eigenvalue weighted by Gasteiger charge is -1.89. The molecular formula is C10H10S2. The quantitative estimate of drug-likeness (QED) is 0.532. The summed E-state index contributed by atoms with van der Waals surface area (Å²) in [5, 5.41) is 0. The monoisotopic (exact) mass is 194 g/mol. The van der Waals surface area contributed by atoms with Crippen LogP contribution < -0.4 is 0 Å². The van der Waals surface area contributed by atoms with Crippen molar-refractivity contribution in [1.29, 1.82) is 0 Å². The topological polar surface area (TPSA) is 0 Å². The van der Waals surface area contributed by atoms with Crippen molar-refractivity contribution in [2.75, 3.05) is 5.75 Å². The third kappa shape index (κ3) is 3.69. The zero-order valence-corrected chi connectivity index (χ0v) is 8.28. The molecule has 0 fully saturated rings. The molecule has 0 nitrogen and oxygen atoms in total. The summed E-state index contributed by atoms with van der Waals surface area (Å²) in [4.78, 5) is 0. The highest BCUT2D eigenvalue weighted by molar-refractivity contribution is 8.20. The third-order valence-electron chi connectivity index (χ3n) is 1.37. The molecule has 2 heteroatoms. The van der Waals surface area contributed by atoms with Crippen LogP contribution in [0.5, 0.6) is 0 Å². The van der Waals surface area contributed by atoms with Crippen LogP contribution in [0.2, 0.25) is 0 Å². The minimum absolute atomic E-state index is 0.957. The van der Waals surface area contributed by atoms with E-state index in [1.165, 1.54) is 5.56 Å². The zero-order valence-electron chi connectivity index (χ0n) is 6.64. The van der Waals surface area contributed by atoms with Crippen LogP contribution in [-0.4, -0.2) is 10.5 Å². The summed E-state index contributed by atoms with van der Waals surface area (Å²) < 4.78 is 1.69. The van der Waals surface area contributed by atoms with E-state index in [9.17, 15) is 0 Å². The van der Waals surface area contributed by atoms with Gasteiger partial charge < -0.3 is 0 Å². The average Bonchev–Trinajstić information content (AvgIpc) is 2.14. The first-order valence-electron chi connectivity index (χ1n) is 3.70. The molecule has 0 aliphatic carbocycles. The van der Waals surface area contributed by atoms with Crippen molar-refractivity contribution in [1.82, 2.24) is 0 Å². The lowest BCUT2D eigenvalue weighted by Crippen LogP contribution is -1.71. The Hall–Kier alpha value is -0.600. The molecule has 1 aromatic rings. The van der Waals surface area contributed by atoms with Crippen LogP contribution in [0.25, 0.3) is 6.08 Å². The van der Waals surface area contributed by atoms with E-state index < -0.39 is 0 Å². The summed E-state index contributed by atoms with van der Waals surface area (Å²) >= 11 is 6.32. The van der Waals surface area contributed by atoms with E-state index in [0.29, 0.717) is 0 Å². The fourth-order valence-electron chi connectivity index (χ4n) is 0.843. The van der Waals surface area contributed by atoms with Crippen LogP contribution in [0.1, 0.15) is 5.56 Å². The van der Waals surface area contributed by atoms with Gasteiger partial charge in [-0.3, -0.25) is 0 Å². The summed E-state index contributed by atoms with van der Waals surface area (Å²) in [5.41, 5.74) is 1.24. The number of hydrogen-bond acceptors (Lipinski definition) is 2. The SMILES string of the molecule is S=CSCC=Cc1ccccc1. The van der Waals surface area contributed by atoms with Crippen LogP contribution in [0, 0.1) is 0 Å². The second-order valence-electron chi connectivity index (χ2n) is 2.24. The summed E-state index contributed by atoms with van der Waals surface area (Å²) in [7, 11) is 0. The molecule has 0 bridgehead atoms. The summed E-state index contributed by atoms with van der Waals surface area (Å²) in [5.74, 6) is 0.957. The van der Waals surface area contributed by atoms with Gasteiger partial charge in [-0.2, -0.15) is 0 Å². The molecule has 0 aliphatic rings. The van der Waals surface area contributed by atoms with Gasteiger partial charge in [-0.1, -0.05) is 54.7 Å². The van der Waals surface area contributed by atoms with E-state index in [1.807, 2.05) is 18.2 Å². The fourth-order valence-corrected chi connectivity index (χ4v) is 1.36. The molecule has 0 saturated carbocycles. The van der Waals surface area contributed by atoms with E-state index in [0.717, 1.165) is 5.75 Å². The second kappa shape index (κ2) is 5.98. The van der Waals surface area contributed by atoms with Crippen LogP contribution >= 0.6 is 24.0 Å². The Balaban J connectivity index is 2.41. The first-order valence-corrected chi connectivity index (χ1v) is 5.22. The van der Waals surface area contributed by atoms with Gasteiger partial charge in [-0.05, 0) is 5.56 Å². The maximum Gasteiger partial charge on any atom is 0.0344 e. The third-order valence-corrected chi connectivity index (χ3v) is 2.30. The predicted molar refractivity (Wildman–Crippen MR) is 61.6 cm³/mol. The first-order chi connectivity index (χ1) is 5.93. The number of benzene rings is 1. The molecule has 0 N–H and O–H groups in total. The highest BCUT2D eigenvalue weighted by Gasteiger charge is 1.81. The van der Waals surface area contributed by atoms with Gasteiger partial charge in [0.15, 0.2) is 0 Å². The molecule has 0 aromatic heterocycles. The van der Waals surface area contributed by atoms with Crippen molar-refractivity contribution in [2.45, 2.75) is 0 Å². The lowest BCUT2D eigenvalue weighted by atomic mass is 10.2. The molecule has 0 radical (unpaired) electrons. The predicted octanol–water partition coefficient (Wildman–Crippen LogP) is 3.39. The van der Waals surface area contributed by atoms with E-state index in [-0.39, 0.29) is 0 Å². The molecule has 0 saturated heterocycles. The van der Waals surface area contributed by atoms with Gasteiger partial charge in [0.2, 0.25) is 0 Å². The van der Waals surface area contributed by atoms with Gasteiger partial charge >= 0.3 is 0 Å². The van der Waals surface area contributed by atoms with Crippen LogP contribution in [-0.2, 0) is 0 Å². The Morgan fingerprint density at radius 1 is 1.25 bits per heavy atom. The van der Waals surface area contributed by atoms with Crippen molar-refractivity contribution >= 4 is 34.8 Å². The average molecular weight is 194 g/mol. The van der Waals surface area contributed by atoms with Crippen molar-refractivity contribution in [3.63, 3.8) is 0 Å².